The van der Waals surface area contributed by atoms with Crippen LogP contribution in [0, 0.1) is 6.92 Å². The Morgan fingerprint density at radius 1 is 0.465 bits per heavy atom. The van der Waals surface area contributed by atoms with Gasteiger partial charge in [-0.05, 0) is 71.0 Å². The third kappa shape index (κ3) is 4.27. The van der Waals surface area contributed by atoms with Gasteiger partial charge in [-0.2, -0.15) is 0 Å². The van der Waals surface area contributed by atoms with Crippen molar-refractivity contribution in [2.24, 2.45) is 0 Å². The third-order valence-electron chi connectivity index (χ3n) is 7.75. The van der Waals surface area contributed by atoms with Crippen molar-refractivity contribution in [2.75, 3.05) is 0 Å². The Bertz CT molecular complexity index is 2600. The Labute approximate surface area is 265 Å². The molecule has 8 rings (SSSR count). The van der Waals surface area contributed by atoms with E-state index >= 15 is 0 Å². The molecular weight excluding hydrogens is 520 g/mol. The summed E-state index contributed by atoms with van der Waals surface area (Å²) in [5.74, 6) is 0. The molecule has 2 aromatic heterocycles. The van der Waals surface area contributed by atoms with Gasteiger partial charge in [-0.15, -0.1) is 0 Å². The zero-order chi connectivity index (χ0) is 37.5. The van der Waals surface area contributed by atoms with Crippen molar-refractivity contribution in [3.05, 3.63) is 169 Å². The number of nitrogens with zero attached hydrogens (tertiary/aromatic N) is 2. The topological polar surface area (TPSA) is 9.86 Å². The molecule has 2 heterocycles. The van der Waals surface area contributed by atoms with Crippen LogP contribution in [-0.2, 0) is 0 Å². The first kappa shape index (κ1) is 16.7. The first-order valence-corrected chi connectivity index (χ1v) is 14.0. The van der Waals surface area contributed by atoms with Crippen LogP contribution in [0.25, 0.3) is 66.8 Å². The molecular formula is C41H30N2. The number of aromatic nitrogens is 2. The molecule has 2 nitrogen and oxygen atoms in total. The smallest absolute Gasteiger partial charge is 0.0652 e. The van der Waals surface area contributed by atoms with E-state index in [1.807, 2.05) is 110 Å². The number of rotatable bonds is 5. The Kier molecular flexibility index (Phi) is 4.03. The highest BCUT2D eigenvalue weighted by Crippen LogP contribution is 2.40. The first-order valence-electron chi connectivity index (χ1n) is 19.0. The fourth-order valence-electron chi connectivity index (χ4n) is 5.72. The molecule has 43 heavy (non-hydrogen) atoms. The van der Waals surface area contributed by atoms with Gasteiger partial charge in [0.05, 0.1) is 47.5 Å². The van der Waals surface area contributed by atoms with E-state index in [4.69, 9.17) is 11.0 Å². The fraction of sp³-hybridized carbons (Fsp3) is 0.0244. The van der Waals surface area contributed by atoms with E-state index in [1.165, 1.54) is 0 Å². The van der Waals surface area contributed by atoms with Crippen molar-refractivity contribution in [2.45, 2.75) is 6.92 Å². The molecule has 0 aliphatic rings. The van der Waals surface area contributed by atoms with E-state index < -0.39 is 24.2 Å². The fourth-order valence-corrected chi connectivity index (χ4v) is 5.72. The third-order valence-corrected chi connectivity index (χ3v) is 7.75. The van der Waals surface area contributed by atoms with Gasteiger partial charge in [-0.1, -0.05) is 127 Å². The molecule has 6 aromatic carbocycles. The summed E-state index contributed by atoms with van der Waals surface area (Å²) in [5, 5.41) is 0.139. The van der Waals surface area contributed by atoms with Gasteiger partial charge in [0.25, 0.3) is 0 Å². The summed E-state index contributed by atoms with van der Waals surface area (Å²) >= 11 is 0. The predicted octanol–water partition coefficient (Wildman–Crippen LogP) is 10.9. The molecule has 8 aromatic rings. The van der Waals surface area contributed by atoms with Crippen LogP contribution >= 0.6 is 0 Å². The van der Waals surface area contributed by atoms with Gasteiger partial charge in [0.15, 0.2) is 0 Å². The SMILES string of the molecule is [2H]c1c([2H])c([2H])c2c(c1[2H])c([2H])c(-c1ccccc1)n2-c1cc(-c2ccccc2)cc(-n2c(-c3ccccc3)c([2H])c3c([2H])c([2H])c([2H])c([2H])c32)c1C. The van der Waals surface area contributed by atoms with E-state index in [1.54, 1.807) is 9.13 Å². The molecule has 0 bridgehead atoms. The van der Waals surface area contributed by atoms with Crippen LogP contribution in [-0.4, -0.2) is 9.13 Å². The van der Waals surface area contributed by atoms with E-state index in [-0.39, 0.29) is 58.1 Å². The number of para-hydroxylation sites is 2. The summed E-state index contributed by atoms with van der Waals surface area (Å²) in [6.45, 7) is 1.84. The summed E-state index contributed by atoms with van der Waals surface area (Å²) in [7, 11) is 0. The normalized spacial score (nSPS) is 14.6. The second-order valence-corrected chi connectivity index (χ2v) is 10.3. The van der Waals surface area contributed by atoms with Crippen molar-refractivity contribution in [1.29, 1.82) is 0 Å². The van der Waals surface area contributed by atoms with Gasteiger partial charge in [-0.3, -0.25) is 0 Å². The van der Waals surface area contributed by atoms with E-state index in [0.717, 1.165) is 5.56 Å². The molecule has 0 amide bonds. The zero-order valence-electron chi connectivity index (χ0n) is 33.2. The zero-order valence-corrected chi connectivity index (χ0v) is 23.2. The van der Waals surface area contributed by atoms with Gasteiger partial charge in [0.1, 0.15) is 0 Å². The van der Waals surface area contributed by atoms with Gasteiger partial charge in [0.2, 0.25) is 0 Å². The molecule has 0 N–H and O–H groups in total. The van der Waals surface area contributed by atoms with Crippen LogP contribution in [0.4, 0.5) is 0 Å². The standard InChI is InChI=1S/C41H30N2/c1-29-38(42-36-23-13-11-21-33(36)25-40(42)31-17-7-3-8-18-31)27-35(30-15-5-2-6-16-30)28-39(29)43-37-24-14-12-22-34(37)26-41(43)32-19-9-4-10-20-32/h2-28H,1H3/i11D,12D,13D,14D,21D,22D,23D,24D,25D,26D. The summed E-state index contributed by atoms with van der Waals surface area (Å²) in [6, 6.07) is 28.5. The quantitative estimate of drug-likeness (QED) is 0.198. The highest BCUT2D eigenvalue weighted by molar-refractivity contribution is 5.93. The molecule has 0 atom stereocenters. The Hall–Kier alpha value is -5.60. The number of hydrogen-bond donors (Lipinski definition) is 0. The molecule has 0 saturated carbocycles. The molecule has 2 heteroatoms. The molecule has 0 radical (unpaired) electrons. The van der Waals surface area contributed by atoms with Crippen molar-refractivity contribution in [3.63, 3.8) is 0 Å². The van der Waals surface area contributed by atoms with Crippen LogP contribution in [0.2, 0.25) is 0 Å². The van der Waals surface area contributed by atoms with Crippen molar-refractivity contribution in [3.8, 4) is 45.0 Å². The molecule has 0 aliphatic heterocycles. The highest BCUT2D eigenvalue weighted by Gasteiger charge is 2.20. The van der Waals surface area contributed by atoms with Crippen molar-refractivity contribution in [1.82, 2.24) is 9.13 Å². The molecule has 204 valence electrons. The minimum atomic E-state index is -0.438. The molecule has 0 saturated heterocycles. The largest absolute Gasteiger partial charge is 0.309 e. The van der Waals surface area contributed by atoms with Crippen LogP contribution in [0.3, 0.4) is 0 Å². The summed E-state index contributed by atoms with van der Waals surface area (Å²) in [5.41, 5.74) is 5.27. The monoisotopic (exact) mass is 560 g/mol. The van der Waals surface area contributed by atoms with Gasteiger partial charge in [0, 0.05) is 10.8 Å². The van der Waals surface area contributed by atoms with Crippen LogP contribution in [0.1, 0.15) is 19.3 Å². The van der Waals surface area contributed by atoms with E-state index in [2.05, 4.69) is 0 Å². The lowest BCUT2D eigenvalue weighted by Gasteiger charge is -2.21. The Morgan fingerprint density at radius 2 is 0.860 bits per heavy atom. The van der Waals surface area contributed by atoms with Gasteiger partial charge >= 0.3 is 0 Å². The van der Waals surface area contributed by atoms with E-state index in [0.29, 0.717) is 45.0 Å². The number of benzene rings is 6. The van der Waals surface area contributed by atoms with Crippen LogP contribution < -0.4 is 0 Å². The second-order valence-electron chi connectivity index (χ2n) is 10.3. The maximum atomic E-state index is 9.43. The van der Waals surface area contributed by atoms with Crippen molar-refractivity contribution >= 4 is 21.8 Å². The van der Waals surface area contributed by atoms with Crippen molar-refractivity contribution < 1.29 is 13.7 Å². The average molecular weight is 561 g/mol. The summed E-state index contributed by atoms with van der Waals surface area (Å²) in [6.07, 6.45) is 0. The Balaban J connectivity index is 1.62. The summed E-state index contributed by atoms with van der Waals surface area (Å²) < 4.78 is 92.6. The van der Waals surface area contributed by atoms with Gasteiger partial charge in [-0.25, -0.2) is 0 Å². The van der Waals surface area contributed by atoms with Crippen LogP contribution in [0.15, 0.2) is 164 Å². The minimum absolute atomic E-state index is 0.0665. The number of hydrogen-bond acceptors (Lipinski definition) is 0. The molecule has 0 spiro atoms. The minimum Gasteiger partial charge on any atom is -0.309 e. The molecule has 0 fully saturated rings. The van der Waals surface area contributed by atoms with Crippen LogP contribution in [0.5, 0.6) is 0 Å². The lowest BCUT2D eigenvalue weighted by molar-refractivity contribution is 1.06. The lowest BCUT2D eigenvalue weighted by Crippen LogP contribution is -2.06. The summed E-state index contributed by atoms with van der Waals surface area (Å²) in [4.78, 5) is 0. The van der Waals surface area contributed by atoms with Gasteiger partial charge < -0.3 is 9.13 Å². The highest BCUT2D eigenvalue weighted by atomic mass is 15.0. The second kappa shape index (κ2) is 10.3. The predicted molar refractivity (Wildman–Crippen MR) is 181 cm³/mol. The maximum absolute atomic E-state index is 9.43. The lowest BCUT2D eigenvalue weighted by atomic mass is 9.99. The average Bonchev–Trinajstić information content (AvgIpc) is 3.66. The number of fused-ring (bicyclic) bond motifs is 2. The molecule has 0 unspecified atom stereocenters. The Morgan fingerprint density at radius 3 is 1.30 bits per heavy atom. The first-order chi connectivity index (χ1) is 25.4. The molecule has 0 aliphatic carbocycles. The maximum Gasteiger partial charge on any atom is 0.0652 e. The van der Waals surface area contributed by atoms with E-state index in [9.17, 15) is 2.74 Å².